The number of hydrogen-bond acceptors (Lipinski definition) is 8. The Hall–Kier alpha value is -2.69. The molecule has 0 aliphatic carbocycles. The number of carbonyl (C=O) groups excluding carboxylic acids is 2. The summed E-state index contributed by atoms with van der Waals surface area (Å²) in [7, 11) is -0.502. The molecule has 1 aromatic rings. The van der Waals surface area contributed by atoms with Gasteiger partial charge in [0.15, 0.2) is 0 Å². The minimum Gasteiger partial charge on any atom is -0.481 e. The lowest BCUT2D eigenvalue weighted by Gasteiger charge is -2.16. The van der Waals surface area contributed by atoms with Crippen molar-refractivity contribution in [2.75, 3.05) is 25.6 Å². The minimum absolute atomic E-state index is 0.0596. The molecule has 1 aliphatic heterocycles. The summed E-state index contributed by atoms with van der Waals surface area (Å²) in [5, 5.41) is 38.1. The number of benzene rings is 1. The second-order valence-corrected chi connectivity index (χ2v) is 4.91. The number of nitrogens with zero attached hydrogens (tertiary/aromatic N) is 1. The van der Waals surface area contributed by atoms with Gasteiger partial charge < -0.3 is 25.2 Å². The van der Waals surface area contributed by atoms with E-state index in [0.717, 1.165) is 11.0 Å². The number of anilines is 1. The van der Waals surface area contributed by atoms with Gasteiger partial charge in [0.25, 0.3) is 11.8 Å². The Balaban J connectivity index is 2.34. The Morgan fingerprint density at radius 2 is 2.08 bits per heavy atom. The zero-order valence-corrected chi connectivity index (χ0v) is 12.8. The van der Waals surface area contributed by atoms with Gasteiger partial charge >= 0.3 is 7.12 Å². The van der Waals surface area contributed by atoms with E-state index in [4.69, 9.17) is 15.3 Å². The number of nitrogens with one attached hydrogen (secondary N) is 2. The van der Waals surface area contributed by atoms with E-state index in [1.165, 1.54) is 25.3 Å². The molecule has 0 fully saturated rings. The third-order valence-corrected chi connectivity index (χ3v) is 3.40. The molecule has 9 nitrogen and oxygen atoms in total. The summed E-state index contributed by atoms with van der Waals surface area (Å²) in [5.74, 6) is -1.37. The predicted molar refractivity (Wildman–Crippen MR) is 85.6 cm³/mol. The number of imide groups is 1. The van der Waals surface area contributed by atoms with Crippen molar-refractivity contribution in [1.29, 1.82) is 5.41 Å². The van der Waals surface area contributed by atoms with Gasteiger partial charge in [-0.1, -0.05) is 6.07 Å². The first-order valence-corrected chi connectivity index (χ1v) is 6.97. The summed E-state index contributed by atoms with van der Waals surface area (Å²) in [6, 6.07) is 4.22. The molecule has 0 atom stereocenters. The highest BCUT2D eigenvalue weighted by Crippen LogP contribution is 2.17. The SMILES string of the molecule is COC(=N)c1ccc(B(O)O)c(NC2=CC(=O)N(CCO)C2=O)c1. The van der Waals surface area contributed by atoms with Crippen LogP contribution in [0.5, 0.6) is 0 Å². The zero-order chi connectivity index (χ0) is 17.9. The van der Waals surface area contributed by atoms with E-state index < -0.39 is 18.9 Å². The molecule has 1 aromatic carbocycles. The Kier molecular flexibility index (Phi) is 5.34. The van der Waals surface area contributed by atoms with E-state index in [9.17, 15) is 19.6 Å². The lowest BCUT2D eigenvalue weighted by Crippen LogP contribution is -2.36. The molecule has 0 aromatic heterocycles. The molecule has 0 bridgehead atoms. The quantitative estimate of drug-likeness (QED) is 0.175. The van der Waals surface area contributed by atoms with Crippen LogP contribution in [0.25, 0.3) is 0 Å². The van der Waals surface area contributed by atoms with E-state index >= 15 is 0 Å². The number of rotatable bonds is 6. The molecule has 0 radical (unpaired) electrons. The van der Waals surface area contributed by atoms with Crippen molar-refractivity contribution >= 4 is 36.0 Å². The van der Waals surface area contributed by atoms with Crippen molar-refractivity contribution in [3.8, 4) is 0 Å². The molecule has 0 unspecified atom stereocenters. The van der Waals surface area contributed by atoms with Gasteiger partial charge in [0.05, 0.1) is 20.3 Å². The third-order valence-electron chi connectivity index (χ3n) is 3.40. The number of amides is 2. The number of β-amino-alcohol motifs (C(OH)–C–C–N with tert-alkyl or cyclic N) is 1. The maximum absolute atomic E-state index is 12.1. The molecular formula is C14H16BN3O6. The molecule has 0 saturated heterocycles. The van der Waals surface area contributed by atoms with Crippen molar-refractivity contribution in [2.24, 2.45) is 0 Å². The number of hydrogen-bond donors (Lipinski definition) is 5. The molecule has 10 heteroatoms. The fourth-order valence-corrected chi connectivity index (χ4v) is 2.20. The largest absolute Gasteiger partial charge is 0.490 e. The molecule has 2 rings (SSSR count). The molecule has 0 spiro atoms. The first-order chi connectivity index (χ1) is 11.4. The number of methoxy groups -OCH3 is 1. The number of aliphatic hydroxyl groups excluding tert-OH is 1. The fraction of sp³-hybridized carbons (Fsp3) is 0.214. The molecule has 1 heterocycles. The summed E-state index contributed by atoms with van der Waals surface area (Å²) in [6.45, 7) is -0.497. The maximum Gasteiger partial charge on any atom is 0.490 e. The van der Waals surface area contributed by atoms with Crippen molar-refractivity contribution in [3.63, 3.8) is 0 Å². The van der Waals surface area contributed by atoms with Crippen molar-refractivity contribution in [3.05, 3.63) is 35.5 Å². The second kappa shape index (κ2) is 7.26. The molecule has 2 amide bonds. The van der Waals surface area contributed by atoms with Crippen LogP contribution in [-0.4, -0.2) is 65.1 Å². The molecule has 126 valence electrons. The molecule has 24 heavy (non-hydrogen) atoms. The molecule has 5 N–H and O–H groups in total. The highest BCUT2D eigenvalue weighted by molar-refractivity contribution is 6.60. The summed E-state index contributed by atoms with van der Waals surface area (Å²) >= 11 is 0. The van der Waals surface area contributed by atoms with Gasteiger partial charge in [-0.05, 0) is 12.1 Å². The predicted octanol–water partition coefficient (Wildman–Crippen LogP) is -2.00. The van der Waals surface area contributed by atoms with Crippen molar-refractivity contribution in [2.45, 2.75) is 0 Å². The van der Waals surface area contributed by atoms with Gasteiger partial charge in [-0.25, -0.2) is 0 Å². The first kappa shape index (κ1) is 17.7. The van der Waals surface area contributed by atoms with Crippen LogP contribution >= 0.6 is 0 Å². The monoisotopic (exact) mass is 333 g/mol. The van der Waals surface area contributed by atoms with Crippen LogP contribution in [0.15, 0.2) is 30.0 Å². The summed E-state index contributed by atoms with van der Waals surface area (Å²) in [5.41, 5.74) is 0.470. The van der Waals surface area contributed by atoms with Gasteiger partial charge in [0.2, 0.25) is 5.90 Å². The van der Waals surface area contributed by atoms with Crippen molar-refractivity contribution < 1.29 is 29.5 Å². The fourth-order valence-electron chi connectivity index (χ4n) is 2.20. The summed E-state index contributed by atoms with van der Waals surface area (Å²) < 4.78 is 4.81. The lowest BCUT2D eigenvalue weighted by atomic mass is 9.78. The Labute approximate surface area is 137 Å². The topological polar surface area (TPSA) is 143 Å². The number of ether oxygens (including phenoxy) is 1. The van der Waals surface area contributed by atoms with Gasteiger partial charge in [-0.3, -0.25) is 19.9 Å². The normalized spacial score (nSPS) is 13.8. The zero-order valence-electron chi connectivity index (χ0n) is 12.8. The van der Waals surface area contributed by atoms with Crippen molar-refractivity contribution in [1.82, 2.24) is 4.90 Å². The lowest BCUT2D eigenvalue weighted by molar-refractivity contribution is -0.137. The molecule has 0 saturated carbocycles. The van der Waals surface area contributed by atoms with Gasteiger partial charge in [0.1, 0.15) is 5.70 Å². The third kappa shape index (κ3) is 3.45. The summed E-state index contributed by atoms with van der Waals surface area (Å²) in [6.07, 6.45) is 1.06. The van der Waals surface area contributed by atoms with E-state index in [2.05, 4.69) is 5.32 Å². The smallest absolute Gasteiger partial charge is 0.481 e. The maximum atomic E-state index is 12.1. The van der Waals surface area contributed by atoms with Crippen LogP contribution in [0.4, 0.5) is 5.69 Å². The van der Waals surface area contributed by atoms with Gasteiger partial charge in [-0.2, -0.15) is 0 Å². The standard InChI is InChI=1S/C14H16BN3O6/c1-24-13(16)8-2-3-9(15(22)23)10(6-8)17-11-7-12(20)18(4-5-19)14(11)21/h2-3,6-7,16-17,19,22-23H,4-5H2,1H3. The Morgan fingerprint density at radius 3 is 2.67 bits per heavy atom. The Bertz CT molecular complexity index is 718. The van der Waals surface area contributed by atoms with Crippen LogP contribution in [0.3, 0.4) is 0 Å². The van der Waals surface area contributed by atoms with E-state index in [-0.39, 0.29) is 35.9 Å². The van der Waals surface area contributed by atoms with Crippen LogP contribution in [-0.2, 0) is 14.3 Å². The average molecular weight is 333 g/mol. The van der Waals surface area contributed by atoms with Crippen LogP contribution in [0.1, 0.15) is 5.56 Å². The molecular weight excluding hydrogens is 317 g/mol. The highest BCUT2D eigenvalue weighted by atomic mass is 16.5. The Morgan fingerprint density at radius 1 is 1.38 bits per heavy atom. The van der Waals surface area contributed by atoms with E-state index in [1.807, 2.05) is 0 Å². The van der Waals surface area contributed by atoms with Crippen LogP contribution < -0.4 is 10.8 Å². The van der Waals surface area contributed by atoms with E-state index in [0.29, 0.717) is 5.56 Å². The first-order valence-electron chi connectivity index (χ1n) is 6.97. The number of carbonyl (C=O) groups is 2. The molecule has 1 aliphatic rings. The summed E-state index contributed by atoms with van der Waals surface area (Å²) in [4.78, 5) is 24.7. The van der Waals surface area contributed by atoms with Crippen LogP contribution in [0, 0.1) is 5.41 Å². The van der Waals surface area contributed by atoms with Gasteiger partial charge in [-0.15, -0.1) is 0 Å². The number of aliphatic hydroxyl groups is 1. The van der Waals surface area contributed by atoms with Crippen LogP contribution in [0.2, 0.25) is 0 Å². The average Bonchev–Trinajstić information content (AvgIpc) is 2.81. The second-order valence-electron chi connectivity index (χ2n) is 4.91. The van der Waals surface area contributed by atoms with E-state index in [1.54, 1.807) is 0 Å². The minimum atomic E-state index is -1.82. The highest BCUT2D eigenvalue weighted by Gasteiger charge is 2.31. The van der Waals surface area contributed by atoms with Gasteiger partial charge in [0, 0.05) is 22.8 Å².